The quantitative estimate of drug-likeness (QED) is 0.357. The first-order valence-electron chi connectivity index (χ1n) is 5.13. The number of pyridine rings is 1. The van der Waals surface area contributed by atoms with Crippen molar-refractivity contribution in [1.29, 1.82) is 0 Å². The summed E-state index contributed by atoms with van der Waals surface area (Å²) in [6.45, 7) is 0. The number of aromatic nitrogens is 1. The topological polar surface area (TPSA) is 128 Å². The largest absolute Gasteiger partial charge is 0.469 e. The van der Waals surface area contributed by atoms with Crippen LogP contribution in [0.1, 0.15) is 6.42 Å². The molecule has 9 nitrogen and oxygen atoms in total. The second kappa shape index (κ2) is 6.48. The Morgan fingerprint density at radius 1 is 1.55 bits per heavy atom. The Labute approximate surface area is 119 Å². The van der Waals surface area contributed by atoms with Crippen molar-refractivity contribution in [2.75, 3.05) is 17.6 Å². The summed E-state index contributed by atoms with van der Waals surface area (Å²) in [5, 5.41) is 10.6. The van der Waals surface area contributed by atoms with Crippen molar-refractivity contribution in [3.05, 3.63) is 27.4 Å². The Morgan fingerprint density at radius 2 is 2.20 bits per heavy atom. The zero-order valence-corrected chi connectivity index (χ0v) is 11.8. The summed E-state index contributed by atoms with van der Waals surface area (Å²) in [5.74, 6) is -1.82. The lowest BCUT2D eigenvalue weighted by atomic mass is 10.4. The molecular weight excluding hydrogens is 314 g/mol. The first-order chi connectivity index (χ1) is 9.25. The van der Waals surface area contributed by atoms with Gasteiger partial charge in [-0.25, -0.2) is 13.4 Å². The van der Waals surface area contributed by atoms with E-state index in [9.17, 15) is 23.3 Å². The lowest BCUT2D eigenvalue weighted by molar-refractivity contribution is -0.384. The zero-order chi connectivity index (χ0) is 15.3. The Balaban J connectivity index is 2.94. The minimum Gasteiger partial charge on any atom is -0.469 e. The molecule has 0 atom stereocenters. The van der Waals surface area contributed by atoms with Crippen LogP contribution in [0.5, 0.6) is 0 Å². The number of ether oxygens (including phenoxy) is 1. The average molecular weight is 324 g/mol. The molecule has 110 valence electrons. The minimum absolute atomic E-state index is 0.110. The van der Waals surface area contributed by atoms with Crippen LogP contribution >= 0.6 is 11.6 Å². The number of halogens is 1. The molecule has 0 fully saturated rings. The fourth-order valence-corrected chi connectivity index (χ4v) is 2.30. The van der Waals surface area contributed by atoms with E-state index in [-0.39, 0.29) is 11.6 Å². The highest BCUT2D eigenvalue weighted by atomic mass is 35.5. The molecule has 0 saturated heterocycles. The standard InChI is InChI=1S/C9H10ClN3O6S/c1-19-8(14)4-5-20(17,18)12-9-6(13(15)16)2-3-7(10)11-9/h2-3H,4-5H2,1H3,(H,11,12). The maximum Gasteiger partial charge on any atom is 0.312 e. The van der Waals surface area contributed by atoms with Gasteiger partial charge in [-0.05, 0) is 6.07 Å². The van der Waals surface area contributed by atoms with Crippen LogP contribution in [0.2, 0.25) is 5.15 Å². The molecule has 1 aromatic rings. The second-order valence-electron chi connectivity index (χ2n) is 3.51. The first kappa shape index (κ1) is 16.1. The summed E-state index contributed by atoms with van der Waals surface area (Å²) in [4.78, 5) is 24.4. The Bertz CT molecular complexity index is 633. The van der Waals surface area contributed by atoms with Gasteiger partial charge in [0.15, 0.2) is 0 Å². The number of carbonyl (C=O) groups excluding carboxylic acids is 1. The molecule has 0 spiro atoms. The molecule has 0 bridgehead atoms. The molecule has 1 rings (SSSR count). The van der Waals surface area contributed by atoms with E-state index in [4.69, 9.17) is 11.6 Å². The van der Waals surface area contributed by atoms with Crippen LogP contribution in [0.4, 0.5) is 11.5 Å². The van der Waals surface area contributed by atoms with E-state index in [1.54, 1.807) is 0 Å². The molecule has 0 unspecified atom stereocenters. The van der Waals surface area contributed by atoms with Crippen LogP contribution in [0.15, 0.2) is 12.1 Å². The molecule has 1 heterocycles. The van der Waals surface area contributed by atoms with Crippen molar-refractivity contribution >= 4 is 39.1 Å². The van der Waals surface area contributed by atoms with E-state index in [1.807, 2.05) is 4.72 Å². The van der Waals surface area contributed by atoms with E-state index < -0.39 is 38.2 Å². The van der Waals surface area contributed by atoms with Gasteiger partial charge in [0.2, 0.25) is 15.8 Å². The van der Waals surface area contributed by atoms with E-state index >= 15 is 0 Å². The molecule has 0 amide bonds. The van der Waals surface area contributed by atoms with Crippen molar-refractivity contribution in [3.63, 3.8) is 0 Å². The van der Waals surface area contributed by atoms with Gasteiger partial charge in [-0.15, -0.1) is 0 Å². The maximum absolute atomic E-state index is 11.7. The van der Waals surface area contributed by atoms with Crippen LogP contribution in [0.25, 0.3) is 0 Å². The first-order valence-corrected chi connectivity index (χ1v) is 7.16. The molecule has 11 heteroatoms. The van der Waals surface area contributed by atoms with Gasteiger partial charge in [0, 0.05) is 6.07 Å². The number of nitro groups is 1. The third-order valence-electron chi connectivity index (χ3n) is 2.09. The predicted octanol–water partition coefficient (Wildman–Crippen LogP) is 0.948. The summed E-state index contributed by atoms with van der Waals surface area (Å²) >= 11 is 5.56. The second-order valence-corrected chi connectivity index (χ2v) is 5.74. The lowest BCUT2D eigenvalue weighted by Crippen LogP contribution is -2.20. The van der Waals surface area contributed by atoms with Gasteiger partial charge in [-0.1, -0.05) is 11.6 Å². The van der Waals surface area contributed by atoms with Crippen molar-refractivity contribution in [1.82, 2.24) is 4.98 Å². The van der Waals surface area contributed by atoms with Gasteiger partial charge < -0.3 is 4.74 Å². The zero-order valence-electron chi connectivity index (χ0n) is 10.2. The van der Waals surface area contributed by atoms with E-state index in [1.165, 1.54) is 0 Å². The number of carbonyl (C=O) groups is 1. The van der Waals surface area contributed by atoms with Crippen LogP contribution in [0, 0.1) is 10.1 Å². The number of nitrogens with one attached hydrogen (secondary N) is 1. The number of nitrogens with zero attached hydrogens (tertiary/aromatic N) is 2. The SMILES string of the molecule is COC(=O)CCS(=O)(=O)Nc1nc(Cl)ccc1[N+](=O)[O-]. The van der Waals surface area contributed by atoms with Gasteiger partial charge >= 0.3 is 11.7 Å². The van der Waals surface area contributed by atoms with E-state index in [2.05, 4.69) is 9.72 Å². The van der Waals surface area contributed by atoms with Crippen LogP contribution in [0.3, 0.4) is 0 Å². The highest BCUT2D eigenvalue weighted by Gasteiger charge is 2.22. The van der Waals surface area contributed by atoms with Crippen molar-refractivity contribution < 1.29 is 22.9 Å². The highest BCUT2D eigenvalue weighted by Crippen LogP contribution is 2.24. The molecule has 0 saturated carbocycles. The van der Waals surface area contributed by atoms with Crippen molar-refractivity contribution in [3.8, 4) is 0 Å². The Morgan fingerprint density at radius 3 is 2.75 bits per heavy atom. The number of methoxy groups -OCH3 is 1. The molecule has 0 aliphatic carbocycles. The fourth-order valence-electron chi connectivity index (χ4n) is 1.17. The molecule has 0 aliphatic rings. The number of sulfonamides is 1. The van der Waals surface area contributed by atoms with Gasteiger partial charge in [-0.3, -0.25) is 19.6 Å². The van der Waals surface area contributed by atoms with Gasteiger partial charge in [0.25, 0.3) is 0 Å². The molecule has 1 N–H and O–H groups in total. The normalized spacial score (nSPS) is 10.9. The molecule has 20 heavy (non-hydrogen) atoms. The van der Waals surface area contributed by atoms with Crippen molar-refractivity contribution in [2.24, 2.45) is 0 Å². The lowest BCUT2D eigenvalue weighted by Gasteiger charge is -2.07. The molecular formula is C9H10ClN3O6S. The average Bonchev–Trinajstić information content (AvgIpc) is 2.35. The molecule has 0 aliphatic heterocycles. The number of rotatable bonds is 6. The monoisotopic (exact) mass is 323 g/mol. The van der Waals surface area contributed by atoms with Gasteiger partial charge in [0.1, 0.15) is 5.15 Å². The number of hydrogen-bond acceptors (Lipinski definition) is 7. The summed E-state index contributed by atoms with van der Waals surface area (Å²) in [5.41, 5.74) is -0.545. The number of anilines is 1. The summed E-state index contributed by atoms with van der Waals surface area (Å²) in [6, 6.07) is 2.18. The third kappa shape index (κ3) is 4.63. The van der Waals surface area contributed by atoms with Crippen molar-refractivity contribution in [2.45, 2.75) is 6.42 Å². The molecule has 0 radical (unpaired) electrons. The van der Waals surface area contributed by atoms with Gasteiger partial charge in [0.05, 0.1) is 24.2 Å². The summed E-state index contributed by atoms with van der Waals surface area (Å²) < 4.78 is 29.6. The number of hydrogen-bond donors (Lipinski definition) is 1. The predicted molar refractivity (Wildman–Crippen MR) is 69.9 cm³/mol. The van der Waals surface area contributed by atoms with E-state index in [0.29, 0.717) is 0 Å². The van der Waals surface area contributed by atoms with Crippen LogP contribution in [-0.4, -0.2) is 37.2 Å². The third-order valence-corrected chi connectivity index (χ3v) is 3.55. The Hall–Kier alpha value is -1.94. The smallest absolute Gasteiger partial charge is 0.312 e. The summed E-state index contributed by atoms with van der Waals surface area (Å²) in [6.07, 6.45) is -0.389. The van der Waals surface area contributed by atoms with E-state index in [0.717, 1.165) is 19.2 Å². The molecule has 0 aromatic carbocycles. The van der Waals surface area contributed by atoms with Crippen LogP contribution in [-0.2, 0) is 19.6 Å². The summed E-state index contributed by atoms with van der Waals surface area (Å²) in [7, 11) is -2.87. The van der Waals surface area contributed by atoms with Crippen LogP contribution < -0.4 is 4.72 Å². The maximum atomic E-state index is 11.7. The highest BCUT2D eigenvalue weighted by molar-refractivity contribution is 7.92. The number of esters is 1. The fraction of sp³-hybridized carbons (Fsp3) is 0.333. The minimum atomic E-state index is -3.99. The molecule has 1 aromatic heterocycles. The van der Waals surface area contributed by atoms with Gasteiger partial charge in [-0.2, -0.15) is 0 Å². The Kier molecular flexibility index (Phi) is 5.22.